The van der Waals surface area contributed by atoms with E-state index in [2.05, 4.69) is 110 Å². The zero-order chi connectivity index (χ0) is 61.6. The van der Waals surface area contributed by atoms with Crippen LogP contribution in [0.5, 0.6) is 0 Å². The Kier molecular flexibility index (Phi) is 24.1. The first-order chi connectivity index (χ1) is 42.2. The number of aliphatic hydroxyl groups excluding tert-OH is 1. The molecule has 0 aromatic carbocycles. The monoisotopic (exact) mass is 1220 g/mol. The van der Waals surface area contributed by atoms with Crippen LogP contribution >= 0.6 is 0 Å². The van der Waals surface area contributed by atoms with Crippen LogP contribution in [0.2, 0.25) is 0 Å². The first-order valence-electron chi connectivity index (χ1n) is 39.4. The molecule has 10 N–H and O–H groups in total. The topological polar surface area (TPSA) is 128 Å². The third-order valence-electron chi connectivity index (χ3n) is 29.7. The largest absolute Gasteiger partial charge is 0.392 e. The fraction of sp³-hybridized carbons (Fsp3) is 1.00. The molecule has 10 heteroatoms. The lowest BCUT2D eigenvalue weighted by Gasteiger charge is -2.46. The highest BCUT2D eigenvalue weighted by molar-refractivity contribution is 5.08. The summed E-state index contributed by atoms with van der Waals surface area (Å²) in [5, 5.41) is 41.4. The lowest BCUT2D eigenvalue weighted by atomic mass is 9.60. The van der Waals surface area contributed by atoms with Crippen LogP contribution in [-0.2, 0) is 0 Å². The van der Waals surface area contributed by atoms with E-state index in [4.69, 9.17) is 0 Å². The number of nitrogens with one attached hydrogen (secondary N) is 9. The summed E-state index contributed by atoms with van der Waals surface area (Å²) < 4.78 is 0. The van der Waals surface area contributed by atoms with Gasteiger partial charge in [-0.05, 0) is 336 Å². The van der Waals surface area contributed by atoms with E-state index in [0.717, 1.165) is 102 Å². The summed E-state index contributed by atoms with van der Waals surface area (Å²) in [7, 11) is 0. The summed E-state index contributed by atoms with van der Waals surface area (Å²) >= 11 is 0. The lowest BCUT2D eigenvalue weighted by molar-refractivity contribution is 0.0546. The summed E-state index contributed by atoms with van der Waals surface area (Å²) in [6.07, 6.45) is 46.6. The molecule has 21 aliphatic rings. The SMILES string of the molecule is C1CC2CCC1CNC2.C1CC2CNC(C1)C2.C1CC2CNCC1C2.C1CCC2NCCCC2C1.C1NC2CC3CC1CC(C3)C2.CC1(C)CC2CC(C)(CN2)C1.CC12CCC(CNC1)C2(C)C.CC12CCCC(NC1)C2(C)C.OC1C2CCC1CNC2. The van der Waals surface area contributed by atoms with Gasteiger partial charge in [0.05, 0.1) is 6.10 Å². The van der Waals surface area contributed by atoms with Gasteiger partial charge in [0, 0.05) is 62.9 Å². The molecule has 0 aromatic heterocycles. The maximum Gasteiger partial charge on any atom is 0.0620 e. The average Bonchev–Trinajstić information content (AvgIpc) is 1.72. The van der Waals surface area contributed by atoms with Gasteiger partial charge in [0.2, 0.25) is 0 Å². The van der Waals surface area contributed by atoms with Crippen molar-refractivity contribution in [1.82, 2.24) is 47.9 Å². The second kappa shape index (κ2) is 30.8. The highest BCUT2D eigenvalue weighted by atomic mass is 16.3. The summed E-state index contributed by atoms with van der Waals surface area (Å²) in [6.45, 7) is 38.1. The molecule has 11 saturated heterocycles. The second-order valence-corrected chi connectivity index (χ2v) is 37.7. The van der Waals surface area contributed by atoms with Crippen LogP contribution in [0.1, 0.15) is 268 Å². The van der Waals surface area contributed by atoms with Gasteiger partial charge in [-0.1, -0.05) is 88.0 Å². The molecule has 0 radical (unpaired) electrons. The van der Waals surface area contributed by atoms with Gasteiger partial charge in [0.15, 0.2) is 0 Å². The molecule has 0 aromatic rings. The zero-order valence-corrected chi connectivity index (χ0v) is 59.2. The van der Waals surface area contributed by atoms with Crippen LogP contribution in [0.25, 0.3) is 0 Å². The summed E-state index contributed by atoms with van der Waals surface area (Å²) in [4.78, 5) is 0. The van der Waals surface area contributed by atoms with Crippen molar-refractivity contribution in [3.8, 4) is 0 Å². The predicted octanol–water partition coefficient (Wildman–Crippen LogP) is 13.6. The number of fused-ring (bicyclic) bond motifs is 18. The Labute approximate surface area is 543 Å². The number of piperidine rings is 4. The van der Waals surface area contributed by atoms with Gasteiger partial charge in [0.1, 0.15) is 0 Å². The van der Waals surface area contributed by atoms with E-state index < -0.39 is 0 Å². The summed E-state index contributed by atoms with van der Waals surface area (Å²) in [6, 6.07) is 4.34. The van der Waals surface area contributed by atoms with Crippen LogP contribution < -0.4 is 47.9 Å². The quantitative estimate of drug-likeness (QED) is 0.115. The molecule has 11 aliphatic heterocycles. The number of hydrogen-bond acceptors (Lipinski definition) is 10. The molecule has 0 spiro atoms. The number of rotatable bonds is 0. The Morgan fingerprint density at radius 1 is 0.341 bits per heavy atom. The molecule has 21 fully saturated rings. The average molecular weight is 1230 g/mol. The van der Waals surface area contributed by atoms with Crippen molar-refractivity contribution in [2.75, 3.05) is 85.1 Å². The van der Waals surface area contributed by atoms with Crippen LogP contribution in [0, 0.1) is 104 Å². The first-order valence-corrected chi connectivity index (χ1v) is 39.4. The van der Waals surface area contributed by atoms with Crippen LogP contribution in [-0.4, -0.2) is 127 Å². The Hall–Kier alpha value is -0.400. The molecule has 10 aliphatic carbocycles. The van der Waals surface area contributed by atoms with Crippen LogP contribution in [0.15, 0.2) is 0 Å². The van der Waals surface area contributed by atoms with E-state index in [1.807, 2.05) is 0 Å². The molecule has 16 unspecified atom stereocenters. The van der Waals surface area contributed by atoms with Crippen molar-refractivity contribution < 1.29 is 5.11 Å². The third-order valence-corrected chi connectivity index (χ3v) is 29.7. The fourth-order valence-electron chi connectivity index (χ4n) is 23.3. The van der Waals surface area contributed by atoms with Gasteiger partial charge in [-0.25, -0.2) is 0 Å². The molecule has 18 bridgehead atoms. The van der Waals surface area contributed by atoms with Gasteiger partial charge in [-0.3, -0.25) is 0 Å². The Balaban J connectivity index is 0.000000103. The summed E-state index contributed by atoms with van der Waals surface area (Å²) in [5.74, 6) is 11.6. The smallest absolute Gasteiger partial charge is 0.0620 e. The molecular formula is C78H145N9O. The van der Waals surface area contributed by atoms with Crippen molar-refractivity contribution in [3.05, 3.63) is 0 Å². The van der Waals surface area contributed by atoms with Crippen LogP contribution in [0.3, 0.4) is 0 Å². The highest BCUT2D eigenvalue weighted by Crippen LogP contribution is 2.57. The predicted molar refractivity (Wildman–Crippen MR) is 372 cm³/mol. The Morgan fingerprint density at radius 2 is 0.920 bits per heavy atom. The minimum Gasteiger partial charge on any atom is -0.392 e. The first kappa shape index (κ1) is 69.0. The van der Waals surface area contributed by atoms with Gasteiger partial charge < -0.3 is 53.0 Å². The standard InChI is InChI=1S/C10H17N.3C10H19N.C9H17N.C8H15N.C7H13NO.2C7H13N/c1-7-2-9-3-8(1)5-10(4-7)11-6-9;1-9(2)4-8-5-10(3,6-9)7-11-8;1-9(2)8-4-5-10(9,3)7-11-6-8;1-9(2)8-5-4-6-10(9,3)7-11-8;1-2-6-9-8(4-1)5-3-7-10-9;1-2-8-4-3-7(1)5-9-6-8;9-7-5-1-2-6(7)4-8-3-5;1-2-7-3-6(1)4-8-5-7;1-2-6-4-7(3-1)8-5-6/h7-11H,1-6H2;3*8,11H,4-7H2,1-3H3;8-10H,1-7H2;7-9H,1-6H2;5-9H,1-4H2;2*6-8H,1-5H2. The van der Waals surface area contributed by atoms with Crippen LogP contribution in [0.4, 0.5) is 0 Å². The normalized spacial score (nSPS) is 47.0. The fourth-order valence-corrected chi connectivity index (χ4v) is 23.3. The number of hydrogen-bond donors (Lipinski definition) is 10. The summed E-state index contributed by atoms with van der Waals surface area (Å²) in [5.41, 5.74) is 3.48. The maximum atomic E-state index is 9.47. The van der Waals surface area contributed by atoms with Gasteiger partial charge in [-0.2, -0.15) is 0 Å². The van der Waals surface area contributed by atoms with E-state index >= 15 is 0 Å². The number of aliphatic hydroxyl groups is 1. The van der Waals surface area contributed by atoms with E-state index in [1.165, 1.54) is 258 Å². The van der Waals surface area contributed by atoms with Crippen molar-refractivity contribution in [2.24, 2.45) is 104 Å². The van der Waals surface area contributed by atoms with Gasteiger partial charge >= 0.3 is 0 Å². The van der Waals surface area contributed by atoms with Crippen molar-refractivity contribution in [2.45, 2.75) is 304 Å². The maximum absolute atomic E-state index is 9.47. The second-order valence-electron chi connectivity index (χ2n) is 37.7. The molecule has 0 amide bonds. The molecule has 10 saturated carbocycles. The van der Waals surface area contributed by atoms with Gasteiger partial charge in [-0.15, -0.1) is 0 Å². The zero-order valence-electron chi connectivity index (χ0n) is 59.2. The van der Waals surface area contributed by atoms with Crippen molar-refractivity contribution >= 4 is 0 Å². The Bertz CT molecular complexity index is 1900. The molecule has 88 heavy (non-hydrogen) atoms. The minimum atomic E-state index is 0.0197. The molecule has 11 heterocycles. The molecule has 21 rings (SSSR count). The minimum absolute atomic E-state index is 0.0197. The van der Waals surface area contributed by atoms with Crippen molar-refractivity contribution in [3.63, 3.8) is 0 Å². The molecule has 10 nitrogen and oxygen atoms in total. The highest BCUT2D eigenvalue weighted by Gasteiger charge is 2.54. The Morgan fingerprint density at radius 3 is 1.52 bits per heavy atom. The lowest BCUT2D eigenvalue weighted by Crippen LogP contribution is -2.49. The molecule has 508 valence electrons. The molecule has 16 atom stereocenters. The van der Waals surface area contributed by atoms with E-state index in [-0.39, 0.29) is 6.10 Å². The van der Waals surface area contributed by atoms with E-state index in [1.54, 1.807) is 19.3 Å². The van der Waals surface area contributed by atoms with E-state index in [9.17, 15) is 5.11 Å². The van der Waals surface area contributed by atoms with Crippen molar-refractivity contribution in [1.29, 1.82) is 0 Å². The molecular weight excluding hydrogens is 1080 g/mol. The van der Waals surface area contributed by atoms with Gasteiger partial charge in [0.25, 0.3) is 0 Å². The van der Waals surface area contributed by atoms with E-state index in [0.29, 0.717) is 44.3 Å². The third kappa shape index (κ3) is 17.8.